The van der Waals surface area contributed by atoms with E-state index in [0.29, 0.717) is 11.9 Å². The Morgan fingerprint density at radius 2 is 1.86 bits per heavy atom. The van der Waals surface area contributed by atoms with Crippen LogP contribution in [0.3, 0.4) is 0 Å². The third-order valence-electron chi connectivity index (χ3n) is 3.79. The van der Waals surface area contributed by atoms with Crippen molar-refractivity contribution in [1.29, 1.82) is 0 Å². The molecule has 0 spiro atoms. The molecule has 2 rings (SSSR count). The summed E-state index contributed by atoms with van der Waals surface area (Å²) in [6.07, 6.45) is 8.24. The monoisotopic (exact) mass is 195 g/mol. The highest BCUT2D eigenvalue weighted by atomic mass is 16.2. The lowest BCUT2D eigenvalue weighted by atomic mass is 9.86. The molecule has 0 radical (unpaired) electrons. The summed E-state index contributed by atoms with van der Waals surface area (Å²) in [4.78, 5) is 13.9. The second-order valence-corrected chi connectivity index (χ2v) is 4.96. The van der Waals surface area contributed by atoms with Crippen molar-refractivity contribution in [2.45, 2.75) is 57.9 Å². The van der Waals surface area contributed by atoms with E-state index in [4.69, 9.17) is 0 Å². The highest BCUT2D eigenvalue weighted by Crippen LogP contribution is 2.29. The number of rotatable bonds is 1. The van der Waals surface area contributed by atoms with E-state index in [9.17, 15) is 4.79 Å². The molecule has 2 fully saturated rings. The van der Waals surface area contributed by atoms with Crippen molar-refractivity contribution in [2.75, 3.05) is 6.54 Å². The van der Waals surface area contributed by atoms with Gasteiger partial charge in [0.1, 0.15) is 0 Å². The van der Waals surface area contributed by atoms with Crippen LogP contribution in [0.1, 0.15) is 51.9 Å². The largest absolute Gasteiger partial charge is 0.340 e. The van der Waals surface area contributed by atoms with E-state index in [1.54, 1.807) is 0 Å². The number of hydrogen-bond donors (Lipinski definition) is 0. The minimum atomic E-state index is 0.413. The summed E-state index contributed by atoms with van der Waals surface area (Å²) in [6, 6.07) is 0.582. The van der Waals surface area contributed by atoms with E-state index in [2.05, 4.69) is 11.8 Å². The topological polar surface area (TPSA) is 20.3 Å². The summed E-state index contributed by atoms with van der Waals surface area (Å²) in [5, 5.41) is 0. The van der Waals surface area contributed by atoms with Crippen LogP contribution in [0.2, 0.25) is 0 Å². The second-order valence-electron chi connectivity index (χ2n) is 4.96. The van der Waals surface area contributed by atoms with Gasteiger partial charge in [-0.15, -0.1) is 0 Å². The van der Waals surface area contributed by atoms with Crippen LogP contribution in [0.5, 0.6) is 0 Å². The van der Waals surface area contributed by atoms with Crippen LogP contribution < -0.4 is 0 Å². The van der Waals surface area contributed by atoms with Crippen LogP contribution in [0, 0.1) is 5.92 Å². The van der Waals surface area contributed by atoms with Crippen molar-refractivity contribution in [3.05, 3.63) is 0 Å². The zero-order chi connectivity index (χ0) is 9.97. The summed E-state index contributed by atoms with van der Waals surface area (Å²) < 4.78 is 0. The molecule has 0 unspecified atom stereocenters. The van der Waals surface area contributed by atoms with Crippen LogP contribution in [-0.2, 0) is 4.79 Å². The number of carbonyl (C=O) groups is 1. The molecule has 0 aromatic rings. The number of hydrogen-bond acceptors (Lipinski definition) is 1. The smallest absolute Gasteiger partial charge is 0.222 e. The maximum atomic E-state index is 11.7. The van der Waals surface area contributed by atoms with Crippen molar-refractivity contribution in [3.8, 4) is 0 Å². The quantitative estimate of drug-likeness (QED) is 0.629. The second kappa shape index (κ2) is 4.33. The highest BCUT2D eigenvalue weighted by Gasteiger charge is 2.28. The zero-order valence-corrected chi connectivity index (χ0v) is 9.17. The molecule has 1 aliphatic heterocycles. The van der Waals surface area contributed by atoms with Gasteiger partial charge in [0.25, 0.3) is 0 Å². The molecule has 0 aromatic heterocycles. The van der Waals surface area contributed by atoms with Crippen LogP contribution >= 0.6 is 0 Å². The van der Waals surface area contributed by atoms with Crippen molar-refractivity contribution in [3.63, 3.8) is 0 Å². The Morgan fingerprint density at radius 3 is 2.50 bits per heavy atom. The Kier molecular flexibility index (Phi) is 3.09. The molecule has 80 valence electrons. The SMILES string of the molecule is C[C@H]1CC[C@H](N2CCCCC2=O)CC1. The lowest BCUT2D eigenvalue weighted by Crippen LogP contribution is -2.44. The molecule has 2 aliphatic rings. The van der Waals surface area contributed by atoms with E-state index >= 15 is 0 Å². The van der Waals surface area contributed by atoms with Gasteiger partial charge >= 0.3 is 0 Å². The number of amides is 1. The lowest BCUT2D eigenvalue weighted by Gasteiger charge is -2.38. The molecule has 0 N–H and O–H groups in total. The van der Waals surface area contributed by atoms with E-state index in [1.807, 2.05) is 0 Å². The highest BCUT2D eigenvalue weighted by molar-refractivity contribution is 5.77. The van der Waals surface area contributed by atoms with Gasteiger partial charge in [-0.2, -0.15) is 0 Å². The Hall–Kier alpha value is -0.530. The molecule has 2 nitrogen and oxygen atoms in total. The van der Waals surface area contributed by atoms with Crippen molar-refractivity contribution >= 4 is 5.91 Å². The predicted octanol–water partition coefficient (Wildman–Crippen LogP) is 2.58. The fourth-order valence-electron chi connectivity index (χ4n) is 2.77. The molecule has 0 bridgehead atoms. The molecule has 1 aliphatic carbocycles. The van der Waals surface area contributed by atoms with E-state index < -0.39 is 0 Å². The first-order valence-corrected chi connectivity index (χ1v) is 6.07. The maximum Gasteiger partial charge on any atom is 0.222 e. The Bertz CT molecular complexity index is 206. The van der Waals surface area contributed by atoms with Crippen LogP contribution in [0.25, 0.3) is 0 Å². The summed E-state index contributed by atoms with van der Waals surface area (Å²) in [7, 11) is 0. The first-order chi connectivity index (χ1) is 6.77. The molecule has 2 heteroatoms. The molecular weight excluding hydrogens is 174 g/mol. The van der Waals surface area contributed by atoms with Crippen molar-refractivity contribution in [2.24, 2.45) is 5.92 Å². The van der Waals surface area contributed by atoms with Crippen LogP contribution in [0.4, 0.5) is 0 Å². The predicted molar refractivity (Wildman–Crippen MR) is 57.0 cm³/mol. The van der Waals surface area contributed by atoms with E-state index in [1.165, 1.54) is 32.1 Å². The zero-order valence-electron chi connectivity index (χ0n) is 9.17. The molecule has 0 atom stereocenters. The fourth-order valence-corrected chi connectivity index (χ4v) is 2.77. The van der Waals surface area contributed by atoms with Gasteiger partial charge in [0.2, 0.25) is 5.91 Å². The van der Waals surface area contributed by atoms with Gasteiger partial charge in [-0.3, -0.25) is 4.79 Å². The van der Waals surface area contributed by atoms with Gasteiger partial charge in [-0.25, -0.2) is 0 Å². The van der Waals surface area contributed by atoms with Crippen LogP contribution in [0.15, 0.2) is 0 Å². The van der Waals surface area contributed by atoms with Gasteiger partial charge in [-0.05, 0) is 44.4 Å². The standard InChI is InChI=1S/C12H21NO/c1-10-5-7-11(8-6-10)13-9-3-2-4-12(13)14/h10-11H,2-9H2,1H3/t10-,11-. The third-order valence-corrected chi connectivity index (χ3v) is 3.79. The Balaban J connectivity index is 1.90. The van der Waals surface area contributed by atoms with Crippen molar-refractivity contribution < 1.29 is 4.79 Å². The molecule has 0 aromatic carbocycles. The minimum Gasteiger partial charge on any atom is -0.340 e. The maximum absolute atomic E-state index is 11.7. The summed E-state index contributed by atoms with van der Waals surface area (Å²) in [5.41, 5.74) is 0. The third kappa shape index (κ3) is 2.10. The average Bonchev–Trinajstić information content (AvgIpc) is 2.20. The summed E-state index contributed by atoms with van der Waals surface area (Å²) in [6.45, 7) is 3.35. The summed E-state index contributed by atoms with van der Waals surface area (Å²) >= 11 is 0. The van der Waals surface area contributed by atoms with Gasteiger partial charge in [0.05, 0.1) is 0 Å². The first kappa shape index (κ1) is 10.0. The van der Waals surface area contributed by atoms with E-state index in [0.717, 1.165) is 25.3 Å². The average molecular weight is 195 g/mol. The van der Waals surface area contributed by atoms with Crippen LogP contribution in [-0.4, -0.2) is 23.4 Å². The molecule has 1 saturated heterocycles. The first-order valence-electron chi connectivity index (χ1n) is 6.07. The number of piperidine rings is 1. The molecular formula is C12H21NO. The van der Waals surface area contributed by atoms with Crippen molar-refractivity contribution in [1.82, 2.24) is 4.90 Å². The fraction of sp³-hybridized carbons (Fsp3) is 0.917. The Morgan fingerprint density at radius 1 is 1.14 bits per heavy atom. The number of likely N-dealkylation sites (tertiary alicyclic amines) is 1. The molecule has 1 heterocycles. The van der Waals surface area contributed by atoms with Gasteiger partial charge < -0.3 is 4.90 Å². The summed E-state index contributed by atoms with van der Waals surface area (Å²) in [5.74, 6) is 1.29. The molecule has 1 saturated carbocycles. The molecule has 14 heavy (non-hydrogen) atoms. The minimum absolute atomic E-state index is 0.413. The van der Waals surface area contributed by atoms with Gasteiger partial charge in [0, 0.05) is 19.0 Å². The lowest BCUT2D eigenvalue weighted by molar-refractivity contribution is -0.136. The van der Waals surface area contributed by atoms with Gasteiger partial charge in [-0.1, -0.05) is 6.92 Å². The van der Waals surface area contributed by atoms with E-state index in [-0.39, 0.29) is 0 Å². The van der Waals surface area contributed by atoms with Gasteiger partial charge in [0.15, 0.2) is 0 Å². The Labute approximate surface area is 86.7 Å². The normalized spacial score (nSPS) is 34.6. The molecule has 1 amide bonds. The number of carbonyl (C=O) groups excluding carboxylic acids is 1. The number of nitrogens with zero attached hydrogens (tertiary/aromatic N) is 1.